The van der Waals surface area contributed by atoms with Crippen molar-refractivity contribution in [2.75, 3.05) is 13.6 Å². The summed E-state index contributed by atoms with van der Waals surface area (Å²) < 4.78 is 6.18. The molecular weight excluding hydrogens is 322 g/mol. The largest absolute Gasteiger partial charge is 0.369 e. The van der Waals surface area contributed by atoms with Gasteiger partial charge in [0.05, 0.1) is 29.2 Å². The Morgan fingerprint density at radius 2 is 2.16 bits per heavy atom. The Morgan fingerprint density at radius 1 is 1.40 bits per heavy atom. The number of nitrogens with zero attached hydrogens (tertiary/aromatic N) is 1. The first-order valence-corrected chi connectivity index (χ1v) is 8.66. The molecule has 3 heterocycles. The molecule has 2 atom stereocenters. The van der Waals surface area contributed by atoms with E-state index in [1.54, 1.807) is 13.1 Å². The molecule has 1 aromatic heterocycles. The van der Waals surface area contributed by atoms with Gasteiger partial charge < -0.3 is 19.9 Å². The molecule has 2 N–H and O–H groups in total. The molecule has 0 aliphatic carbocycles. The van der Waals surface area contributed by atoms with Crippen LogP contribution in [0.2, 0.25) is 0 Å². The first-order chi connectivity index (χ1) is 11.8. The minimum Gasteiger partial charge on any atom is -0.369 e. The van der Waals surface area contributed by atoms with E-state index in [0.29, 0.717) is 18.5 Å². The summed E-state index contributed by atoms with van der Waals surface area (Å²) in [5.74, 6) is -0.220. The lowest BCUT2D eigenvalue weighted by Crippen LogP contribution is -2.53. The minimum absolute atomic E-state index is 0.0922. The molecule has 1 spiro atoms. The quantitative estimate of drug-likeness (QED) is 0.855. The number of ether oxygens (including phenoxy) is 1. The zero-order valence-electron chi connectivity index (χ0n) is 14.9. The fourth-order valence-electron chi connectivity index (χ4n) is 4.31. The van der Waals surface area contributed by atoms with Crippen molar-refractivity contribution < 1.29 is 14.3 Å². The third-order valence-corrected chi connectivity index (χ3v) is 5.25. The third kappa shape index (κ3) is 3.20. The van der Waals surface area contributed by atoms with Crippen LogP contribution in [0.5, 0.6) is 0 Å². The van der Waals surface area contributed by atoms with Crippen LogP contribution in [0.25, 0.3) is 0 Å². The minimum atomic E-state index is -0.483. The molecule has 7 heteroatoms. The molecule has 1 aromatic rings. The van der Waals surface area contributed by atoms with E-state index in [0.717, 1.165) is 12.8 Å². The van der Waals surface area contributed by atoms with Crippen LogP contribution in [-0.2, 0) is 9.53 Å². The van der Waals surface area contributed by atoms with E-state index in [-0.39, 0.29) is 29.9 Å². The summed E-state index contributed by atoms with van der Waals surface area (Å²) in [6, 6.07) is 2.90. The molecule has 25 heavy (non-hydrogen) atoms. The summed E-state index contributed by atoms with van der Waals surface area (Å²) in [4.78, 5) is 40.7. The van der Waals surface area contributed by atoms with Gasteiger partial charge >= 0.3 is 0 Å². The maximum Gasteiger partial charge on any atom is 0.255 e. The Bertz CT molecular complexity index is 722. The molecule has 3 rings (SSSR count). The Balaban J connectivity index is 1.93. The fourth-order valence-corrected chi connectivity index (χ4v) is 4.31. The van der Waals surface area contributed by atoms with E-state index < -0.39 is 11.1 Å². The number of aromatic amines is 1. The maximum absolute atomic E-state index is 13.1. The highest BCUT2D eigenvalue weighted by Gasteiger charge is 2.58. The molecule has 2 amide bonds. The summed E-state index contributed by atoms with van der Waals surface area (Å²) in [6.07, 6.45) is 3.72. The van der Waals surface area contributed by atoms with Crippen LogP contribution >= 0.6 is 0 Å². The van der Waals surface area contributed by atoms with Crippen molar-refractivity contribution in [2.45, 2.75) is 56.8 Å². The highest BCUT2D eigenvalue weighted by Crippen LogP contribution is 2.49. The number of likely N-dealkylation sites (tertiary alicyclic amines) is 1. The van der Waals surface area contributed by atoms with Gasteiger partial charge in [-0.25, -0.2) is 0 Å². The maximum atomic E-state index is 13.1. The van der Waals surface area contributed by atoms with Gasteiger partial charge in [0.15, 0.2) is 0 Å². The van der Waals surface area contributed by atoms with Gasteiger partial charge in [-0.05, 0) is 32.8 Å². The SMILES string of the molecule is CNC(=O)C[C@@H]1OC(C)(C)C[C@]12CCCN2C(=O)c1ccc(=O)[nH]c1. The number of hydrogen-bond donors (Lipinski definition) is 2. The second-order valence-corrected chi connectivity index (χ2v) is 7.53. The van der Waals surface area contributed by atoms with Crippen molar-refractivity contribution in [1.82, 2.24) is 15.2 Å². The van der Waals surface area contributed by atoms with E-state index in [9.17, 15) is 14.4 Å². The van der Waals surface area contributed by atoms with Crippen LogP contribution in [0.1, 0.15) is 49.9 Å². The van der Waals surface area contributed by atoms with Gasteiger partial charge in [-0.1, -0.05) is 0 Å². The molecular formula is C18H25N3O4. The van der Waals surface area contributed by atoms with Crippen molar-refractivity contribution in [3.05, 3.63) is 34.2 Å². The second-order valence-electron chi connectivity index (χ2n) is 7.53. The zero-order chi connectivity index (χ0) is 18.2. The smallest absolute Gasteiger partial charge is 0.255 e. The van der Waals surface area contributed by atoms with Crippen molar-refractivity contribution in [2.24, 2.45) is 0 Å². The number of pyridine rings is 1. The first-order valence-electron chi connectivity index (χ1n) is 8.66. The van der Waals surface area contributed by atoms with E-state index in [4.69, 9.17) is 4.74 Å². The number of H-pyrrole nitrogens is 1. The highest BCUT2D eigenvalue weighted by molar-refractivity contribution is 5.94. The number of carbonyl (C=O) groups excluding carboxylic acids is 2. The molecule has 2 fully saturated rings. The standard InChI is InChI=1S/C18H25N3O4/c1-17(2)11-18(13(25-17)9-15(23)19-3)7-4-8-21(18)16(24)12-5-6-14(22)20-10-12/h5-6,10,13H,4,7-9,11H2,1-3H3,(H,19,23)(H,20,22)/t13-,18+/m0/s1. The molecule has 0 radical (unpaired) electrons. The van der Waals surface area contributed by atoms with Crippen LogP contribution in [0.4, 0.5) is 0 Å². The van der Waals surface area contributed by atoms with E-state index >= 15 is 0 Å². The van der Waals surface area contributed by atoms with Crippen LogP contribution < -0.4 is 10.9 Å². The van der Waals surface area contributed by atoms with Crippen LogP contribution in [0, 0.1) is 0 Å². The number of aromatic nitrogens is 1. The lowest BCUT2D eigenvalue weighted by molar-refractivity contribution is -0.126. The molecule has 7 nitrogen and oxygen atoms in total. The van der Waals surface area contributed by atoms with Crippen LogP contribution in [0.3, 0.4) is 0 Å². The Labute approximate surface area is 146 Å². The summed E-state index contributed by atoms with van der Waals surface area (Å²) in [7, 11) is 1.60. The first kappa shape index (κ1) is 17.7. The Kier molecular flexibility index (Phi) is 4.45. The van der Waals surface area contributed by atoms with Gasteiger partial charge in [0, 0.05) is 32.3 Å². The van der Waals surface area contributed by atoms with Gasteiger partial charge in [-0.2, -0.15) is 0 Å². The van der Waals surface area contributed by atoms with E-state index in [1.165, 1.54) is 12.3 Å². The summed E-state index contributed by atoms with van der Waals surface area (Å²) in [6.45, 7) is 4.63. The fraction of sp³-hybridized carbons (Fsp3) is 0.611. The van der Waals surface area contributed by atoms with Crippen molar-refractivity contribution in [3.63, 3.8) is 0 Å². The molecule has 2 aliphatic heterocycles. The lowest BCUT2D eigenvalue weighted by Gasteiger charge is -2.38. The normalized spacial score (nSPS) is 27.6. The Morgan fingerprint density at radius 3 is 2.80 bits per heavy atom. The Hall–Kier alpha value is -2.15. The van der Waals surface area contributed by atoms with Crippen molar-refractivity contribution in [1.29, 1.82) is 0 Å². The third-order valence-electron chi connectivity index (χ3n) is 5.25. The van der Waals surface area contributed by atoms with Crippen molar-refractivity contribution in [3.8, 4) is 0 Å². The predicted molar refractivity (Wildman–Crippen MR) is 92.3 cm³/mol. The van der Waals surface area contributed by atoms with Gasteiger partial charge in [0.1, 0.15) is 0 Å². The molecule has 0 saturated carbocycles. The van der Waals surface area contributed by atoms with Crippen LogP contribution in [-0.4, -0.2) is 52.5 Å². The average Bonchev–Trinajstić information content (AvgIpc) is 3.08. The summed E-state index contributed by atoms with van der Waals surface area (Å²) in [5, 5.41) is 2.65. The molecule has 0 aromatic carbocycles. The number of amides is 2. The van der Waals surface area contributed by atoms with Crippen LogP contribution in [0.15, 0.2) is 23.1 Å². The van der Waals surface area contributed by atoms with Gasteiger partial charge in [-0.3, -0.25) is 14.4 Å². The van der Waals surface area contributed by atoms with E-state index in [1.807, 2.05) is 18.7 Å². The lowest BCUT2D eigenvalue weighted by atomic mass is 9.82. The summed E-state index contributed by atoms with van der Waals surface area (Å²) >= 11 is 0. The number of nitrogens with one attached hydrogen (secondary N) is 2. The highest BCUT2D eigenvalue weighted by atomic mass is 16.5. The van der Waals surface area contributed by atoms with Gasteiger partial charge in [0.25, 0.3) is 5.91 Å². The molecule has 0 bridgehead atoms. The molecule has 2 saturated heterocycles. The number of rotatable bonds is 3. The van der Waals surface area contributed by atoms with Gasteiger partial charge in [0.2, 0.25) is 11.5 Å². The number of carbonyl (C=O) groups is 2. The number of hydrogen-bond acceptors (Lipinski definition) is 4. The summed E-state index contributed by atoms with van der Waals surface area (Å²) in [5.41, 5.74) is -0.671. The monoisotopic (exact) mass is 347 g/mol. The molecule has 0 unspecified atom stereocenters. The average molecular weight is 347 g/mol. The van der Waals surface area contributed by atoms with Gasteiger partial charge in [-0.15, -0.1) is 0 Å². The molecule has 136 valence electrons. The zero-order valence-corrected chi connectivity index (χ0v) is 14.9. The topological polar surface area (TPSA) is 91.5 Å². The molecule has 2 aliphatic rings. The van der Waals surface area contributed by atoms with Crippen molar-refractivity contribution >= 4 is 11.8 Å². The van der Waals surface area contributed by atoms with E-state index in [2.05, 4.69) is 10.3 Å². The second kappa shape index (κ2) is 6.29. The predicted octanol–water partition coefficient (Wildman–Crippen LogP) is 1.05.